The van der Waals surface area contributed by atoms with Crippen molar-refractivity contribution in [1.82, 2.24) is 9.80 Å². The van der Waals surface area contributed by atoms with E-state index in [1.807, 2.05) is 18.7 Å². The van der Waals surface area contributed by atoms with E-state index in [9.17, 15) is 9.59 Å². The maximum Gasteiger partial charge on any atom is 0.236 e. The van der Waals surface area contributed by atoms with Crippen LogP contribution in [0, 0.1) is 5.92 Å². The molecule has 1 rings (SSSR count). The number of nitrogens with zero attached hydrogens (tertiary/aromatic N) is 2. The fourth-order valence-electron chi connectivity index (χ4n) is 2.32. The Hall–Kier alpha value is -1.10. The first kappa shape index (κ1) is 14.0. The van der Waals surface area contributed by atoms with Crippen molar-refractivity contribution in [2.45, 2.75) is 33.2 Å². The van der Waals surface area contributed by atoms with Crippen molar-refractivity contribution < 1.29 is 9.59 Å². The number of nitrogens with two attached hydrogens (primary N) is 1. The molecule has 1 aliphatic heterocycles. The molecule has 2 N–H and O–H groups in total. The van der Waals surface area contributed by atoms with Gasteiger partial charge in [-0.2, -0.15) is 0 Å². The maximum atomic E-state index is 11.5. The Kier molecular flexibility index (Phi) is 4.93. The highest BCUT2D eigenvalue weighted by molar-refractivity contribution is 5.78. The summed E-state index contributed by atoms with van der Waals surface area (Å²) in [5, 5.41) is 0. The zero-order chi connectivity index (χ0) is 13.0. The summed E-state index contributed by atoms with van der Waals surface area (Å²) >= 11 is 0. The van der Waals surface area contributed by atoms with Crippen LogP contribution in [0.2, 0.25) is 0 Å². The second-order valence-corrected chi connectivity index (χ2v) is 4.96. The van der Waals surface area contributed by atoms with Crippen molar-refractivity contribution in [2.75, 3.05) is 26.2 Å². The Morgan fingerprint density at radius 1 is 1.47 bits per heavy atom. The molecule has 1 atom stereocenters. The molecule has 0 aliphatic carbocycles. The van der Waals surface area contributed by atoms with Gasteiger partial charge in [-0.25, -0.2) is 0 Å². The van der Waals surface area contributed by atoms with Crippen molar-refractivity contribution in [2.24, 2.45) is 11.7 Å². The number of amides is 2. The summed E-state index contributed by atoms with van der Waals surface area (Å²) < 4.78 is 0. The van der Waals surface area contributed by atoms with E-state index in [-0.39, 0.29) is 24.4 Å². The van der Waals surface area contributed by atoms with Gasteiger partial charge in [-0.1, -0.05) is 0 Å². The Morgan fingerprint density at radius 2 is 2.12 bits per heavy atom. The fourth-order valence-corrected chi connectivity index (χ4v) is 2.32. The average molecular weight is 241 g/mol. The van der Waals surface area contributed by atoms with E-state index in [4.69, 9.17) is 5.73 Å². The first-order chi connectivity index (χ1) is 7.95. The van der Waals surface area contributed by atoms with Crippen molar-refractivity contribution in [1.29, 1.82) is 0 Å². The topological polar surface area (TPSA) is 66.6 Å². The second-order valence-electron chi connectivity index (χ2n) is 4.96. The van der Waals surface area contributed by atoms with E-state index in [0.717, 1.165) is 26.1 Å². The number of likely N-dealkylation sites (tertiary alicyclic amines) is 1. The lowest BCUT2D eigenvalue weighted by Gasteiger charge is -2.28. The third-order valence-electron chi connectivity index (χ3n) is 3.30. The van der Waals surface area contributed by atoms with Crippen LogP contribution in [0.3, 0.4) is 0 Å². The third kappa shape index (κ3) is 3.70. The van der Waals surface area contributed by atoms with Gasteiger partial charge in [0, 0.05) is 32.6 Å². The summed E-state index contributed by atoms with van der Waals surface area (Å²) in [5.74, 6) is 0.492. The fraction of sp³-hybridized carbons (Fsp3) is 0.833. The van der Waals surface area contributed by atoms with Gasteiger partial charge in [-0.15, -0.1) is 0 Å². The lowest BCUT2D eigenvalue weighted by Crippen LogP contribution is -2.40. The van der Waals surface area contributed by atoms with E-state index >= 15 is 0 Å². The summed E-state index contributed by atoms with van der Waals surface area (Å²) in [6.07, 6.45) is 0.961. The quantitative estimate of drug-likeness (QED) is 0.756. The highest BCUT2D eigenvalue weighted by Crippen LogP contribution is 2.18. The molecule has 1 saturated heterocycles. The van der Waals surface area contributed by atoms with Gasteiger partial charge in [-0.05, 0) is 26.2 Å². The molecule has 5 heteroatoms. The van der Waals surface area contributed by atoms with E-state index in [2.05, 4.69) is 0 Å². The third-order valence-corrected chi connectivity index (χ3v) is 3.30. The van der Waals surface area contributed by atoms with E-state index < -0.39 is 0 Å². The van der Waals surface area contributed by atoms with Crippen LogP contribution in [-0.2, 0) is 9.59 Å². The first-order valence-electron chi connectivity index (χ1n) is 6.20. The molecular weight excluding hydrogens is 218 g/mol. The van der Waals surface area contributed by atoms with Crippen molar-refractivity contribution in [3.05, 3.63) is 0 Å². The molecule has 5 nitrogen and oxygen atoms in total. The summed E-state index contributed by atoms with van der Waals surface area (Å²) in [6.45, 7) is 7.93. The second kappa shape index (κ2) is 6.00. The molecule has 2 amide bonds. The van der Waals surface area contributed by atoms with Crippen molar-refractivity contribution in [3.8, 4) is 0 Å². The van der Waals surface area contributed by atoms with Crippen LogP contribution in [0.4, 0.5) is 0 Å². The minimum atomic E-state index is 0.00595. The zero-order valence-electron chi connectivity index (χ0n) is 11.0. The van der Waals surface area contributed by atoms with Crippen LogP contribution >= 0.6 is 0 Å². The van der Waals surface area contributed by atoms with Gasteiger partial charge in [0.2, 0.25) is 11.8 Å². The number of carbonyl (C=O) groups excluding carboxylic acids is 2. The summed E-state index contributed by atoms with van der Waals surface area (Å²) in [4.78, 5) is 26.6. The van der Waals surface area contributed by atoms with Gasteiger partial charge in [-0.3, -0.25) is 9.59 Å². The summed E-state index contributed by atoms with van der Waals surface area (Å²) in [6, 6.07) is 0.215. The maximum absolute atomic E-state index is 11.5. The molecule has 0 spiro atoms. The molecular formula is C12H23N3O2. The van der Waals surface area contributed by atoms with Gasteiger partial charge in [0.15, 0.2) is 0 Å². The molecule has 1 fully saturated rings. The minimum absolute atomic E-state index is 0.00595. The van der Waals surface area contributed by atoms with Crippen molar-refractivity contribution in [3.63, 3.8) is 0 Å². The lowest BCUT2D eigenvalue weighted by molar-refractivity contribution is -0.131. The molecule has 0 aromatic rings. The van der Waals surface area contributed by atoms with Gasteiger partial charge in [0.25, 0.3) is 0 Å². The number of carbonyl (C=O) groups is 2. The molecule has 1 heterocycles. The lowest BCUT2D eigenvalue weighted by atomic mass is 10.1. The minimum Gasteiger partial charge on any atom is -0.341 e. The Morgan fingerprint density at radius 3 is 2.59 bits per heavy atom. The van der Waals surface area contributed by atoms with Gasteiger partial charge >= 0.3 is 0 Å². The standard InChI is InChI=1S/C12H23N3O2/c1-9(2)15(10(3)16)8-11-4-5-14(7-11)12(17)6-13/h9,11H,4-8,13H2,1-3H3/t11-/m0/s1. The molecule has 0 aromatic heterocycles. The monoisotopic (exact) mass is 241 g/mol. The van der Waals surface area contributed by atoms with Crippen LogP contribution in [0.5, 0.6) is 0 Å². The van der Waals surface area contributed by atoms with E-state index in [0.29, 0.717) is 5.92 Å². The predicted octanol–water partition coefficient (Wildman–Crippen LogP) is 0.0505. The SMILES string of the molecule is CC(=O)N(C[C@H]1CCN(C(=O)CN)C1)C(C)C. The number of rotatable bonds is 4. The molecule has 17 heavy (non-hydrogen) atoms. The normalized spacial score (nSPS) is 19.8. The molecule has 1 aliphatic rings. The molecule has 98 valence electrons. The van der Waals surface area contributed by atoms with E-state index in [1.54, 1.807) is 11.8 Å². The van der Waals surface area contributed by atoms with Crippen LogP contribution < -0.4 is 5.73 Å². The Bertz CT molecular complexity index is 291. The molecule has 0 saturated carbocycles. The Labute approximate surface area is 103 Å². The Balaban J connectivity index is 2.49. The van der Waals surface area contributed by atoms with Gasteiger partial charge in [0.05, 0.1) is 6.54 Å². The molecule has 0 bridgehead atoms. The summed E-state index contributed by atoms with van der Waals surface area (Å²) in [5.41, 5.74) is 5.34. The molecule has 0 unspecified atom stereocenters. The molecule has 0 radical (unpaired) electrons. The van der Waals surface area contributed by atoms with Gasteiger partial charge in [0.1, 0.15) is 0 Å². The predicted molar refractivity (Wildman–Crippen MR) is 66.3 cm³/mol. The van der Waals surface area contributed by atoms with Crippen molar-refractivity contribution >= 4 is 11.8 Å². The highest BCUT2D eigenvalue weighted by atomic mass is 16.2. The van der Waals surface area contributed by atoms with E-state index in [1.165, 1.54) is 0 Å². The largest absolute Gasteiger partial charge is 0.341 e. The number of hydrogen-bond acceptors (Lipinski definition) is 3. The molecule has 0 aromatic carbocycles. The zero-order valence-corrected chi connectivity index (χ0v) is 11.0. The first-order valence-corrected chi connectivity index (χ1v) is 6.20. The number of hydrogen-bond donors (Lipinski definition) is 1. The highest BCUT2D eigenvalue weighted by Gasteiger charge is 2.28. The smallest absolute Gasteiger partial charge is 0.236 e. The van der Waals surface area contributed by atoms with Crippen LogP contribution in [0.15, 0.2) is 0 Å². The van der Waals surface area contributed by atoms with Gasteiger partial charge < -0.3 is 15.5 Å². The summed E-state index contributed by atoms with van der Waals surface area (Å²) in [7, 11) is 0. The average Bonchev–Trinajstić information content (AvgIpc) is 2.72. The van der Waals surface area contributed by atoms with Crippen LogP contribution in [-0.4, -0.2) is 53.8 Å². The van der Waals surface area contributed by atoms with Crippen LogP contribution in [0.1, 0.15) is 27.2 Å². The van der Waals surface area contributed by atoms with Crippen LogP contribution in [0.25, 0.3) is 0 Å².